The quantitative estimate of drug-likeness (QED) is 0.683. The number of carbonyl (C=O) groups is 2. The Hall–Kier alpha value is -1.27. The van der Waals surface area contributed by atoms with Gasteiger partial charge >= 0.3 is 18.1 Å². The van der Waals surface area contributed by atoms with E-state index in [4.69, 9.17) is 0 Å². The Morgan fingerprint density at radius 3 is 2.13 bits per heavy atom. The van der Waals surface area contributed by atoms with Crippen LogP contribution < -0.4 is 0 Å². The van der Waals surface area contributed by atoms with Crippen LogP contribution in [0.4, 0.5) is 13.2 Å². The summed E-state index contributed by atoms with van der Waals surface area (Å²) in [6.07, 6.45) is -6.67. The molecule has 0 aromatic heterocycles. The highest BCUT2D eigenvalue weighted by Crippen LogP contribution is 2.18. The number of hydrogen-bond acceptors (Lipinski definition) is 4. The first-order chi connectivity index (χ1) is 6.82. The molecule has 0 aliphatic carbocycles. The lowest BCUT2D eigenvalue weighted by Crippen LogP contribution is -2.34. The first kappa shape index (κ1) is 13.7. The summed E-state index contributed by atoms with van der Waals surface area (Å²) < 4.78 is 43.7. The number of esters is 2. The predicted molar refractivity (Wildman–Crippen MR) is 42.9 cm³/mol. The van der Waals surface area contributed by atoms with Gasteiger partial charge in [0.2, 0.25) is 0 Å². The van der Waals surface area contributed by atoms with E-state index in [9.17, 15) is 22.8 Å². The second-order valence-electron chi connectivity index (χ2n) is 2.55. The minimum Gasteiger partial charge on any atom is -0.463 e. The van der Waals surface area contributed by atoms with E-state index in [0.29, 0.717) is 0 Å². The smallest absolute Gasteiger partial charge is 0.463 e. The lowest BCUT2D eigenvalue weighted by molar-refractivity contribution is -0.208. The molecule has 0 aliphatic rings. The number of carbonyl (C=O) groups excluding carboxylic acids is 2. The highest BCUT2D eigenvalue weighted by Gasteiger charge is 2.43. The summed E-state index contributed by atoms with van der Waals surface area (Å²) in [6, 6.07) is 0. The van der Waals surface area contributed by atoms with Gasteiger partial charge in [0.25, 0.3) is 0 Å². The second kappa shape index (κ2) is 5.57. The minimum absolute atomic E-state index is 0.0128. The Morgan fingerprint density at radius 1 is 1.27 bits per heavy atom. The highest BCUT2D eigenvalue weighted by molar-refractivity contribution is 5.81. The summed E-state index contributed by atoms with van der Waals surface area (Å²) in [5.74, 6) is -3.36. The van der Waals surface area contributed by atoms with Crippen LogP contribution in [0.5, 0.6) is 0 Å². The zero-order valence-corrected chi connectivity index (χ0v) is 8.26. The molecule has 4 nitrogen and oxygen atoms in total. The number of alkyl halides is 3. The average molecular weight is 228 g/mol. The average Bonchev–Trinajstić information content (AvgIpc) is 2.12. The molecule has 7 heteroatoms. The maximum absolute atomic E-state index is 11.8. The van der Waals surface area contributed by atoms with Crippen molar-refractivity contribution in [2.24, 2.45) is 0 Å². The van der Waals surface area contributed by atoms with Gasteiger partial charge in [-0.2, -0.15) is 13.2 Å². The fourth-order valence-corrected chi connectivity index (χ4v) is 0.729. The Bertz CT molecular complexity index is 237. The molecule has 0 rings (SSSR count). The summed E-state index contributed by atoms with van der Waals surface area (Å²) in [5, 5.41) is 0. The molecule has 1 atom stereocenters. The van der Waals surface area contributed by atoms with E-state index >= 15 is 0 Å². The molecular formula is C8H11F3O4. The molecule has 0 fully saturated rings. The highest BCUT2D eigenvalue weighted by atomic mass is 19.4. The van der Waals surface area contributed by atoms with Crippen LogP contribution in [0.3, 0.4) is 0 Å². The maximum atomic E-state index is 11.8. The van der Waals surface area contributed by atoms with Gasteiger partial charge in [-0.05, 0) is 13.3 Å². The standard InChI is InChI=1S/C8H11F3O4/c1-3-5(6(12)14-4-2)15-7(13)8(9,10)11/h5H,3-4H2,1-2H3. The monoisotopic (exact) mass is 228 g/mol. The van der Waals surface area contributed by atoms with Gasteiger partial charge in [0.1, 0.15) is 0 Å². The number of halogens is 3. The molecule has 0 aromatic carbocycles. The normalized spacial score (nSPS) is 13.1. The van der Waals surface area contributed by atoms with Crippen LogP contribution in [0.15, 0.2) is 0 Å². The van der Waals surface area contributed by atoms with Crippen molar-refractivity contribution in [3.05, 3.63) is 0 Å². The van der Waals surface area contributed by atoms with E-state index in [0.717, 1.165) is 0 Å². The molecule has 15 heavy (non-hydrogen) atoms. The predicted octanol–water partition coefficient (Wildman–Crippen LogP) is 1.43. The number of hydrogen-bond donors (Lipinski definition) is 0. The molecule has 0 heterocycles. The van der Waals surface area contributed by atoms with Crippen molar-refractivity contribution in [3.8, 4) is 0 Å². The van der Waals surface area contributed by atoms with Gasteiger partial charge in [-0.3, -0.25) is 0 Å². The molecule has 0 aromatic rings. The van der Waals surface area contributed by atoms with Gasteiger partial charge in [-0.15, -0.1) is 0 Å². The van der Waals surface area contributed by atoms with Gasteiger partial charge < -0.3 is 9.47 Å². The molecule has 0 aliphatic heterocycles. The Balaban J connectivity index is 4.34. The van der Waals surface area contributed by atoms with E-state index < -0.39 is 24.2 Å². The summed E-state index contributed by atoms with van der Waals surface area (Å²) in [4.78, 5) is 21.4. The first-order valence-corrected chi connectivity index (χ1v) is 4.27. The van der Waals surface area contributed by atoms with Gasteiger partial charge in [-0.1, -0.05) is 6.92 Å². The van der Waals surface area contributed by atoms with Crippen LogP contribution in [0.25, 0.3) is 0 Å². The van der Waals surface area contributed by atoms with Crippen LogP contribution >= 0.6 is 0 Å². The van der Waals surface area contributed by atoms with Gasteiger partial charge in [0.05, 0.1) is 6.61 Å². The lowest BCUT2D eigenvalue weighted by Gasteiger charge is -2.15. The first-order valence-electron chi connectivity index (χ1n) is 4.27. The summed E-state index contributed by atoms with van der Waals surface area (Å²) >= 11 is 0. The van der Waals surface area contributed by atoms with Gasteiger partial charge in [0, 0.05) is 0 Å². The van der Waals surface area contributed by atoms with Gasteiger partial charge in [-0.25, -0.2) is 9.59 Å². The van der Waals surface area contributed by atoms with Crippen molar-refractivity contribution < 1.29 is 32.2 Å². The second-order valence-corrected chi connectivity index (χ2v) is 2.55. The molecule has 0 saturated heterocycles. The molecule has 1 unspecified atom stereocenters. The van der Waals surface area contributed by atoms with Crippen molar-refractivity contribution in [1.82, 2.24) is 0 Å². The third-order valence-corrected chi connectivity index (χ3v) is 1.40. The van der Waals surface area contributed by atoms with Crippen LogP contribution in [0.1, 0.15) is 20.3 Å². The Kier molecular flexibility index (Phi) is 5.10. The molecule has 0 N–H and O–H groups in total. The fraction of sp³-hybridized carbons (Fsp3) is 0.750. The van der Waals surface area contributed by atoms with Crippen molar-refractivity contribution >= 4 is 11.9 Å². The summed E-state index contributed by atoms with van der Waals surface area (Å²) in [6.45, 7) is 2.92. The maximum Gasteiger partial charge on any atom is 0.490 e. The molecule has 0 radical (unpaired) electrons. The number of rotatable bonds is 4. The number of ether oxygens (including phenoxy) is 2. The lowest BCUT2D eigenvalue weighted by atomic mass is 10.3. The summed E-state index contributed by atoms with van der Waals surface area (Å²) in [7, 11) is 0. The zero-order chi connectivity index (χ0) is 12.1. The van der Waals surface area contributed by atoms with Crippen LogP contribution in [0.2, 0.25) is 0 Å². The van der Waals surface area contributed by atoms with E-state index in [2.05, 4.69) is 9.47 Å². The van der Waals surface area contributed by atoms with Crippen LogP contribution in [-0.4, -0.2) is 30.8 Å². The van der Waals surface area contributed by atoms with E-state index in [1.165, 1.54) is 13.8 Å². The van der Waals surface area contributed by atoms with E-state index in [-0.39, 0.29) is 13.0 Å². The Morgan fingerprint density at radius 2 is 1.80 bits per heavy atom. The minimum atomic E-state index is -5.10. The largest absolute Gasteiger partial charge is 0.490 e. The van der Waals surface area contributed by atoms with Crippen molar-refractivity contribution in [2.45, 2.75) is 32.5 Å². The van der Waals surface area contributed by atoms with Crippen LogP contribution in [0, 0.1) is 0 Å². The third-order valence-electron chi connectivity index (χ3n) is 1.40. The summed E-state index contributed by atoms with van der Waals surface area (Å²) in [5.41, 5.74) is 0. The SMILES string of the molecule is CCOC(=O)C(CC)OC(=O)C(F)(F)F. The van der Waals surface area contributed by atoms with Crippen molar-refractivity contribution in [1.29, 1.82) is 0 Å². The molecule has 88 valence electrons. The molecule has 0 spiro atoms. The van der Waals surface area contributed by atoms with Crippen molar-refractivity contribution in [2.75, 3.05) is 6.61 Å². The molecular weight excluding hydrogens is 217 g/mol. The third kappa shape index (κ3) is 4.66. The van der Waals surface area contributed by atoms with Crippen molar-refractivity contribution in [3.63, 3.8) is 0 Å². The fourth-order valence-electron chi connectivity index (χ4n) is 0.729. The van der Waals surface area contributed by atoms with E-state index in [1.807, 2.05) is 0 Å². The zero-order valence-electron chi connectivity index (χ0n) is 8.26. The van der Waals surface area contributed by atoms with E-state index in [1.54, 1.807) is 0 Å². The Labute approximate surface area is 84.3 Å². The molecule has 0 saturated carbocycles. The molecule has 0 bridgehead atoms. The molecule has 0 amide bonds. The van der Waals surface area contributed by atoms with Gasteiger partial charge in [0.15, 0.2) is 6.10 Å². The van der Waals surface area contributed by atoms with Crippen LogP contribution in [-0.2, 0) is 19.1 Å². The topological polar surface area (TPSA) is 52.6 Å².